The minimum atomic E-state index is 0.855. The van der Waals surface area contributed by atoms with Crippen molar-refractivity contribution >= 4 is 0 Å². The number of unbranched alkanes of at least 4 members (excludes halogenated alkanes) is 2. The van der Waals surface area contributed by atoms with Crippen LogP contribution in [0.3, 0.4) is 0 Å². The van der Waals surface area contributed by atoms with Gasteiger partial charge in [0.05, 0.1) is 0 Å². The van der Waals surface area contributed by atoms with Gasteiger partial charge in [-0.3, -0.25) is 0 Å². The van der Waals surface area contributed by atoms with Crippen LogP contribution < -0.4 is 5.73 Å². The molecule has 0 aliphatic carbocycles. The Morgan fingerprint density at radius 1 is 1.14 bits per heavy atom. The highest BCUT2D eigenvalue weighted by molar-refractivity contribution is 4.74. The molecule has 2 N–H and O–H groups in total. The van der Waals surface area contributed by atoms with Crippen LogP contribution in [-0.2, 0) is 0 Å². The zero-order valence-electron chi connectivity index (χ0n) is 9.84. The van der Waals surface area contributed by atoms with Gasteiger partial charge in [0.15, 0.2) is 0 Å². The predicted molar refractivity (Wildman–Crippen MR) is 62.3 cm³/mol. The Hall–Kier alpha value is -0.0800. The summed E-state index contributed by atoms with van der Waals surface area (Å²) in [5.41, 5.74) is 5.47. The van der Waals surface area contributed by atoms with Gasteiger partial charge >= 0.3 is 0 Å². The summed E-state index contributed by atoms with van der Waals surface area (Å²) in [6, 6.07) is 0. The molecule has 0 aromatic carbocycles. The highest BCUT2D eigenvalue weighted by atomic mass is 15.1. The van der Waals surface area contributed by atoms with E-state index < -0.39 is 0 Å². The number of rotatable bonds is 5. The van der Waals surface area contributed by atoms with E-state index in [1.807, 2.05) is 0 Å². The number of nitrogens with zero attached hydrogens (tertiary/aromatic N) is 1. The highest BCUT2D eigenvalue weighted by Gasteiger charge is 2.21. The Labute approximate surface area is 88.8 Å². The molecule has 0 aromatic rings. The summed E-state index contributed by atoms with van der Waals surface area (Å²) >= 11 is 0. The molecule has 2 nitrogen and oxygen atoms in total. The first-order valence-electron chi connectivity index (χ1n) is 6.16. The molecule has 1 fully saturated rings. The molecule has 2 atom stereocenters. The van der Waals surface area contributed by atoms with Crippen LogP contribution in [0.25, 0.3) is 0 Å². The van der Waals surface area contributed by atoms with E-state index in [4.69, 9.17) is 5.73 Å². The van der Waals surface area contributed by atoms with Crippen LogP contribution in [-0.4, -0.2) is 31.1 Å². The van der Waals surface area contributed by atoms with Crippen molar-refractivity contribution in [3.8, 4) is 0 Å². The molecule has 0 aromatic heterocycles. The van der Waals surface area contributed by atoms with Gasteiger partial charge in [0, 0.05) is 6.54 Å². The molecular formula is C12H26N2. The molecule has 0 spiro atoms. The van der Waals surface area contributed by atoms with Gasteiger partial charge in [-0.2, -0.15) is 0 Å². The van der Waals surface area contributed by atoms with E-state index >= 15 is 0 Å². The molecule has 0 amide bonds. The van der Waals surface area contributed by atoms with Crippen molar-refractivity contribution in [2.45, 2.75) is 39.5 Å². The first-order valence-corrected chi connectivity index (χ1v) is 6.16. The topological polar surface area (TPSA) is 29.3 Å². The van der Waals surface area contributed by atoms with E-state index in [1.54, 1.807) is 0 Å². The lowest BCUT2D eigenvalue weighted by Crippen LogP contribution is -2.38. The average molecular weight is 198 g/mol. The molecule has 0 saturated carbocycles. The Morgan fingerprint density at radius 2 is 1.93 bits per heavy atom. The fourth-order valence-corrected chi connectivity index (χ4v) is 2.21. The SMILES string of the molecule is CC1CCN(CCCCCN)CC1C. The maximum Gasteiger partial charge on any atom is 0.000957 e. The van der Waals surface area contributed by atoms with E-state index in [0.717, 1.165) is 18.4 Å². The second-order valence-electron chi connectivity index (χ2n) is 4.89. The smallest absolute Gasteiger partial charge is 0.000957 e. The molecule has 2 unspecified atom stereocenters. The first kappa shape index (κ1) is 12.0. The summed E-state index contributed by atoms with van der Waals surface area (Å²) in [5, 5.41) is 0. The standard InChI is InChI=1S/C12H26N2/c1-11-6-9-14(10-12(11)2)8-5-3-4-7-13/h11-12H,3-10,13H2,1-2H3. The van der Waals surface area contributed by atoms with Crippen molar-refractivity contribution in [3.05, 3.63) is 0 Å². The van der Waals surface area contributed by atoms with Gasteiger partial charge in [0.25, 0.3) is 0 Å². The molecule has 0 radical (unpaired) electrons. The maximum absolute atomic E-state index is 5.47. The number of likely N-dealkylation sites (tertiary alicyclic amines) is 1. The summed E-state index contributed by atoms with van der Waals surface area (Å²) in [7, 11) is 0. The monoisotopic (exact) mass is 198 g/mol. The second-order valence-corrected chi connectivity index (χ2v) is 4.89. The molecule has 1 aliphatic heterocycles. The van der Waals surface area contributed by atoms with Crippen LogP contribution in [0, 0.1) is 11.8 Å². The van der Waals surface area contributed by atoms with Crippen molar-refractivity contribution in [3.63, 3.8) is 0 Å². The van der Waals surface area contributed by atoms with Gasteiger partial charge in [-0.05, 0) is 50.7 Å². The first-order chi connectivity index (χ1) is 6.74. The van der Waals surface area contributed by atoms with Gasteiger partial charge in [-0.1, -0.05) is 20.3 Å². The molecule has 2 heteroatoms. The second kappa shape index (κ2) is 6.41. The molecule has 0 bridgehead atoms. The zero-order chi connectivity index (χ0) is 10.4. The Balaban J connectivity index is 2.07. The van der Waals surface area contributed by atoms with Gasteiger partial charge < -0.3 is 10.6 Å². The molecule has 84 valence electrons. The number of piperidine rings is 1. The van der Waals surface area contributed by atoms with Crippen molar-refractivity contribution in [2.24, 2.45) is 17.6 Å². The van der Waals surface area contributed by atoms with Crippen molar-refractivity contribution < 1.29 is 0 Å². The number of nitrogens with two attached hydrogens (primary N) is 1. The Kier molecular flexibility index (Phi) is 5.49. The van der Waals surface area contributed by atoms with E-state index in [2.05, 4.69) is 18.7 Å². The molecular weight excluding hydrogens is 172 g/mol. The zero-order valence-corrected chi connectivity index (χ0v) is 9.84. The summed E-state index contributed by atoms with van der Waals surface area (Å²) in [5.74, 6) is 1.81. The molecule has 1 rings (SSSR count). The third-order valence-electron chi connectivity index (χ3n) is 3.60. The molecule has 14 heavy (non-hydrogen) atoms. The van der Waals surface area contributed by atoms with Gasteiger partial charge in [-0.25, -0.2) is 0 Å². The van der Waals surface area contributed by atoms with Crippen molar-refractivity contribution in [1.29, 1.82) is 0 Å². The third-order valence-corrected chi connectivity index (χ3v) is 3.60. The van der Waals surface area contributed by atoms with E-state index in [9.17, 15) is 0 Å². The highest BCUT2D eigenvalue weighted by Crippen LogP contribution is 2.22. The van der Waals surface area contributed by atoms with Crippen molar-refractivity contribution in [1.82, 2.24) is 4.90 Å². The van der Waals surface area contributed by atoms with Gasteiger partial charge in [-0.15, -0.1) is 0 Å². The Bertz CT molecular complexity index is 147. The maximum atomic E-state index is 5.47. The third kappa shape index (κ3) is 3.97. The lowest BCUT2D eigenvalue weighted by molar-refractivity contribution is 0.136. The van der Waals surface area contributed by atoms with Crippen LogP contribution in [0.2, 0.25) is 0 Å². The summed E-state index contributed by atoms with van der Waals surface area (Å²) in [6.07, 6.45) is 5.22. The van der Waals surface area contributed by atoms with E-state index in [0.29, 0.717) is 0 Å². The largest absolute Gasteiger partial charge is 0.330 e. The summed E-state index contributed by atoms with van der Waals surface area (Å²) in [6.45, 7) is 9.54. The number of hydrogen-bond acceptors (Lipinski definition) is 2. The molecule has 1 saturated heterocycles. The van der Waals surface area contributed by atoms with Gasteiger partial charge in [0.2, 0.25) is 0 Å². The van der Waals surface area contributed by atoms with E-state index in [-0.39, 0.29) is 0 Å². The minimum absolute atomic E-state index is 0.855. The van der Waals surface area contributed by atoms with Crippen LogP contribution in [0.4, 0.5) is 0 Å². The summed E-state index contributed by atoms with van der Waals surface area (Å²) in [4.78, 5) is 2.63. The normalized spacial score (nSPS) is 29.4. The van der Waals surface area contributed by atoms with Crippen molar-refractivity contribution in [2.75, 3.05) is 26.2 Å². The van der Waals surface area contributed by atoms with Gasteiger partial charge in [0.1, 0.15) is 0 Å². The molecule has 1 aliphatic rings. The van der Waals surface area contributed by atoms with Crippen LogP contribution >= 0.6 is 0 Å². The predicted octanol–water partition coefficient (Wildman–Crippen LogP) is 2.09. The quantitative estimate of drug-likeness (QED) is 0.685. The van der Waals surface area contributed by atoms with Crippen LogP contribution in [0.15, 0.2) is 0 Å². The lowest BCUT2D eigenvalue weighted by Gasteiger charge is -2.35. The van der Waals surface area contributed by atoms with E-state index in [1.165, 1.54) is 45.3 Å². The fraction of sp³-hybridized carbons (Fsp3) is 1.00. The van der Waals surface area contributed by atoms with Crippen LogP contribution in [0.5, 0.6) is 0 Å². The molecule has 1 heterocycles. The Morgan fingerprint density at radius 3 is 2.57 bits per heavy atom. The van der Waals surface area contributed by atoms with Crippen LogP contribution in [0.1, 0.15) is 39.5 Å². The lowest BCUT2D eigenvalue weighted by atomic mass is 9.88. The average Bonchev–Trinajstić information content (AvgIpc) is 2.18. The fourth-order valence-electron chi connectivity index (χ4n) is 2.21. The number of hydrogen-bond donors (Lipinski definition) is 1. The minimum Gasteiger partial charge on any atom is -0.330 e. The summed E-state index contributed by atoms with van der Waals surface area (Å²) < 4.78 is 0.